The van der Waals surface area contributed by atoms with E-state index in [0.717, 1.165) is 0 Å². The topological polar surface area (TPSA) is 61.2 Å². The molecular formula is C3H9IN4O. The summed E-state index contributed by atoms with van der Waals surface area (Å²) in [6.45, 7) is 0. The van der Waals surface area contributed by atoms with Crippen molar-refractivity contribution < 1.29 is 3.17 Å². The molecule has 0 atom stereocenters. The van der Waals surface area contributed by atoms with Gasteiger partial charge in [0.1, 0.15) is 0 Å². The second kappa shape index (κ2) is 4.80. The minimum absolute atomic E-state index is 1.56. The van der Waals surface area contributed by atoms with Gasteiger partial charge < -0.3 is 0 Å². The van der Waals surface area contributed by atoms with Gasteiger partial charge in [-0.2, -0.15) is 0 Å². The summed E-state index contributed by atoms with van der Waals surface area (Å²) in [5, 5.41) is 1.56. The van der Waals surface area contributed by atoms with Crippen molar-refractivity contribution in [3.05, 3.63) is 10.4 Å². The Balaban J connectivity index is 3.49. The molecule has 0 aliphatic rings. The second-order valence-electron chi connectivity index (χ2n) is 1.44. The molecule has 0 amide bonds. The van der Waals surface area contributed by atoms with Crippen LogP contribution in [0.25, 0.3) is 10.4 Å². The van der Waals surface area contributed by atoms with Crippen molar-refractivity contribution in [3.63, 3.8) is 0 Å². The Morgan fingerprint density at radius 1 is 1.67 bits per heavy atom. The van der Waals surface area contributed by atoms with Crippen LogP contribution in [0.2, 0.25) is 0 Å². The Kier molecular flexibility index (Phi) is 4.78. The molecule has 0 rings (SSSR count). The molecule has 0 N–H and O–H groups in total. The summed E-state index contributed by atoms with van der Waals surface area (Å²) in [5.74, 6) is 0. The van der Waals surface area contributed by atoms with Crippen molar-refractivity contribution in [2.24, 2.45) is 3.33 Å². The molecule has 0 saturated heterocycles. The van der Waals surface area contributed by atoms with Crippen LogP contribution in [-0.4, -0.2) is 24.1 Å². The number of hydroxylamine groups is 2. The Hall–Kier alpha value is -0.0400. The van der Waals surface area contributed by atoms with Crippen LogP contribution in [-0.2, 0) is 3.17 Å². The summed E-state index contributed by atoms with van der Waals surface area (Å²) in [4.78, 5) is 4.45. The predicted molar refractivity (Wildman–Crippen MR) is 43.9 cm³/mol. The monoisotopic (exact) mass is 244 g/mol. The summed E-state index contributed by atoms with van der Waals surface area (Å²) in [7, 11) is 3.53. The molecule has 0 radical (unpaired) electrons. The van der Waals surface area contributed by atoms with Crippen molar-refractivity contribution in [1.29, 1.82) is 0 Å². The average Bonchev–Trinajstić information content (AvgIpc) is 1.63. The number of azide groups is 1. The van der Waals surface area contributed by atoms with Gasteiger partial charge >= 0.3 is 61.5 Å². The van der Waals surface area contributed by atoms with Gasteiger partial charge in [0.25, 0.3) is 0 Å². The molecule has 0 heterocycles. The van der Waals surface area contributed by atoms with Gasteiger partial charge in [-0.3, -0.25) is 0 Å². The number of rotatable bonds is 3. The number of hydrogen-bond donors (Lipinski definition) is 0. The van der Waals surface area contributed by atoms with Crippen LogP contribution < -0.4 is 0 Å². The fourth-order valence-electron chi connectivity index (χ4n) is 0.261. The van der Waals surface area contributed by atoms with Crippen molar-refractivity contribution in [3.8, 4) is 0 Å². The quantitative estimate of drug-likeness (QED) is 0.189. The molecule has 0 aromatic heterocycles. The van der Waals surface area contributed by atoms with Crippen LogP contribution in [0.15, 0.2) is 3.33 Å². The van der Waals surface area contributed by atoms with E-state index in [1.54, 1.807) is 19.2 Å². The summed E-state index contributed by atoms with van der Waals surface area (Å²) in [6, 6.07) is 0. The third-order valence-corrected chi connectivity index (χ3v) is 2.54. The van der Waals surface area contributed by atoms with Crippen LogP contribution in [0, 0.1) is 0 Å². The van der Waals surface area contributed by atoms with Gasteiger partial charge in [-0.15, -0.1) is 0 Å². The number of nitrogens with zero attached hydrogens (tertiary/aromatic N) is 4. The van der Waals surface area contributed by atoms with Gasteiger partial charge in [0.15, 0.2) is 0 Å². The van der Waals surface area contributed by atoms with Crippen LogP contribution in [0.3, 0.4) is 0 Å². The van der Waals surface area contributed by atoms with Crippen molar-refractivity contribution in [2.45, 2.75) is 0 Å². The van der Waals surface area contributed by atoms with Crippen molar-refractivity contribution >= 4 is 20.5 Å². The molecule has 0 saturated carbocycles. The Morgan fingerprint density at radius 3 is 2.56 bits per heavy atom. The molecule has 0 spiro atoms. The molecule has 0 aliphatic heterocycles. The van der Waals surface area contributed by atoms with E-state index in [1.807, 2.05) is 4.93 Å². The first-order valence-electron chi connectivity index (χ1n) is 2.18. The molecular weight excluding hydrogens is 235 g/mol. The molecule has 0 aromatic rings. The molecule has 0 fully saturated rings. The van der Waals surface area contributed by atoms with E-state index in [0.29, 0.717) is 0 Å². The van der Waals surface area contributed by atoms with E-state index in [-0.39, 0.29) is 0 Å². The molecule has 0 unspecified atom stereocenters. The maximum absolute atomic E-state index is 7.95. The van der Waals surface area contributed by atoms with Gasteiger partial charge in [0, 0.05) is 0 Å². The SMILES string of the molecule is CN(C)OI(C)N=[N+]=[N-]. The summed E-state index contributed by atoms with van der Waals surface area (Å²) in [6.07, 6.45) is 0. The van der Waals surface area contributed by atoms with Crippen LogP contribution >= 0.6 is 20.5 Å². The standard InChI is InChI=1S/C3H9IN4O/c1-4(6-7-5)9-8(2)3/h1-3H3. The Morgan fingerprint density at radius 2 is 2.22 bits per heavy atom. The fraction of sp³-hybridized carbons (Fsp3) is 1.00. The molecule has 0 aliphatic carbocycles. The third-order valence-electron chi connectivity index (χ3n) is 0.378. The number of hydrogen-bond acceptors (Lipinski definition) is 3. The summed E-state index contributed by atoms with van der Waals surface area (Å²) < 4.78 is 8.50. The molecule has 6 heteroatoms. The normalized spacial score (nSPS) is 10.9. The Bertz CT molecular complexity index is 121. The Labute approximate surface area is 61.8 Å². The van der Waals surface area contributed by atoms with Crippen molar-refractivity contribution in [2.75, 3.05) is 19.0 Å². The van der Waals surface area contributed by atoms with E-state index in [1.165, 1.54) is 0 Å². The van der Waals surface area contributed by atoms with E-state index in [2.05, 4.69) is 8.24 Å². The summed E-state index contributed by atoms with van der Waals surface area (Å²) in [5.41, 5.74) is 7.95. The third kappa shape index (κ3) is 5.84. The number of halogens is 1. The van der Waals surface area contributed by atoms with E-state index in [4.69, 9.17) is 8.70 Å². The second-order valence-corrected chi connectivity index (χ2v) is 4.50. The average molecular weight is 244 g/mol. The van der Waals surface area contributed by atoms with E-state index >= 15 is 0 Å². The fourth-order valence-corrected chi connectivity index (χ4v) is 1.75. The van der Waals surface area contributed by atoms with Gasteiger partial charge in [-0.1, -0.05) is 0 Å². The number of alkyl halides is 1. The summed E-state index contributed by atoms with van der Waals surface area (Å²) >= 11 is -1.78. The minimum atomic E-state index is -1.78. The molecule has 54 valence electrons. The zero-order chi connectivity index (χ0) is 7.28. The first-order chi connectivity index (χ1) is 4.16. The van der Waals surface area contributed by atoms with Gasteiger partial charge in [-0.05, 0) is 0 Å². The first kappa shape index (κ1) is 8.96. The van der Waals surface area contributed by atoms with E-state index in [9.17, 15) is 0 Å². The molecule has 9 heavy (non-hydrogen) atoms. The van der Waals surface area contributed by atoms with Gasteiger partial charge in [0.2, 0.25) is 0 Å². The van der Waals surface area contributed by atoms with Gasteiger partial charge in [0.05, 0.1) is 0 Å². The van der Waals surface area contributed by atoms with Gasteiger partial charge in [-0.25, -0.2) is 0 Å². The van der Waals surface area contributed by atoms with Crippen molar-refractivity contribution in [1.82, 2.24) is 5.06 Å². The van der Waals surface area contributed by atoms with Crippen LogP contribution in [0.5, 0.6) is 0 Å². The maximum atomic E-state index is 7.95. The van der Waals surface area contributed by atoms with Crippen LogP contribution in [0.1, 0.15) is 0 Å². The molecule has 5 nitrogen and oxygen atoms in total. The van der Waals surface area contributed by atoms with Crippen LogP contribution in [0.4, 0.5) is 0 Å². The predicted octanol–water partition coefficient (Wildman–Crippen LogP) is 1.76. The van der Waals surface area contributed by atoms with E-state index < -0.39 is 20.5 Å². The first-order valence-corrected chi connectivity index (χ1v) is 6.18. The zero-order valence-corrected chi connectivity index (χ0v) is 7.73. The molecule has 0 bridgehead atoms. The zero-order valence-electron chi connectivity index (χ0n) is 5.58. The molecule has 0 aromatic carbocycles.